The van der Waals surface area contributed by atoms with E-state index in [9.17, 15) is 22.8 Å². The van der Waals surface area contributed by atoms with E-state index in [0.29, 0.717) is 33.3 Å². The molecular formula is C21H19ClF3N7O2. The van der Waals surface area contributed by atoms with E-state index in [4.69, 9.17) is 11.6 Å². The lowest BCUT2D eigenvalue weighted by molar-refractivity contribution is -0.140. The topological polar surface area (TPSA) is 107 Å². The molecular weight excluding hydrogens is 475 g/mol. The Kier molecular flexibility index (Phi) is 6.42. The van der Waals surface area contributed by atoms with Gasteiger partial charge in [0.15, 0.2) is 5.82 Å². The Bertz CT molecular complexity index is 1250. The Labute approximate surface area is 196 Å². The van der Waals surface area contributed by atoms with Crippen LogP contribution in [0.3, 0.4) is 0 Å². The summed E-state index contributed by atoms with van der Waals surface area (Å²) in [5.74, 6) is -0.652. The molecule has 0 unspecified atom stereocenters. The first kappa shape index (κ1) is 23.5. The van der Waals surface area contributed by atoms with Gasteiger partial charge in [0.2, 0.25) is 11.8 Å². The first-order valence-electron chi connectivity index (χ1n) is 10.1. The normalized spacial score (nSPS) is 16.5. The highest BCUT2D eigenvalue weighted by atomic mass is 35.5. The quantitative estimate of drug-likeness (QED) is 0.529. The lowest BCUT2D eigenvalue weighted by Gasteiger charge is -2.40. The number of hydrogen-bond donors (Lipinski definition) is 2. The third kappa shape index (κ3) is 4.96. The van der Waals surface area contributed by atoms with Crippen LogP contribution < -0.4 is 10.2 Å². The largest absolute Gasteiger partial charge is 0.405 e. The zero-order valence-corrected chi connectivity index (χ0v) is 18.4. The molecule has 4 heterocycles. The van der Waals surface area contributed by atoms with Gasteiger partial charge in [-0.15, -0.1) is 0 Å². The molecule has 9 nitrogen and oxygen atoms in total. The van der Waals surface area contributed by atoms with Gasteiger partial charge in [-0.2, -0.15) is 13.2 Å². The van der Waals surface area contributed by atoms with Crippen LogP contribution in [0.1, 0.15) is 0 Å². The maximum Gasteiger partial charge on any atom is 0.405 e. The standard InChI is InChI=1S/C21H19ClF3N7O2/c1-2-17(33)31-5-6-32(15(10-31)20(34)29-11-21(23,24)25)16-3-4-26-19(30-16)14-9-28-18-13(14)7-12(22)8-27-18/h2-4,7-9,15H,1,5-6,10-11H2,(H,27,28)(H,29,34)/t15-/m1/s1. The average Bonchev–Trinajstić information content (AvgIpc) is 3.24. The lowest BCUT2D eigenvalue weighted by Crippen LogP contribution is -2.61. The van der Waals surface area contributed by atoms with E-state index in [0.717, 1.165) is 6.08 Å². The van der Waals surface area contributed by atoms with Gasteiger partial charge in [0.25, 0.3) is 0 Å². The maximum absolute atomic E-state index is 12.7. The summed E-state index contributed by atoms with van der Waals surface area (Å²) < 4.78 is 38.1. The second-order valence-corrected chi connectivity index (χ2v) is 7.96. The highest BCUT2D eigenvalue weighted by Gasteiger charge is 2.37. The molecule has 1 saturated heterocycles. The number of nitrogens with one attached hydrogen (secondary N) is 2. The average molecular weight is 494 g/mol. The highest BCUT2D eigenvalue weighted by Crippen LogP contribution is 2.29. The Hall–Kier alpha value is -3.67. The van der Waals surface area contributed by atoms with Crippen LogP contribution in [0.2, 0.25) is 5.02 Å². The zero-order valence-electron chi connectivity index (χ0n) is 17.6. The third-order valence-electron chi connectivity index (χ3n) is 5.31. The molecule has 1 fully saturated rings. The fourth-order valence-corrected chi connectivity index (χ4v) is 3.88. The van der Waals surface area contributed by atoms with E-state index >= 15 is 0 Å². The van der Waals surface area contributed by atoms with Gasteiger partial charge in [0.05, 0.1) is 11.6 Å². The van der Waals surface area contributed by atoms with Crippen molar-refractivity contribution in [1.29, 1.82) is 0 Å². The minimum absolute atomic E-state index is 0.125. The number of H-pyrrole nitrogens is 1. The number of piperazine rings is 1. The minimum atomic E-state index is -4.57. The fourth-order valence-electron chi connectivity index (χ4n) is 3.72. The van der Waals surface area contributed by atoms with Gasteiger partial charge >= 0.3 is 6.18 Å². The van der Waals surface area contributed by atoms with Gasteiger partial charge in [-0.3, -0.25) is 9.59 Å². The monoisotopic (exact) mass is 493 g/mol. The molecule has 34 heavy (non-hydrogen) atoms. The molecule has 178 valence electrons. The second-order valence-electron chi connectivity index (χ2n) is 7.52. The van der Waals surface area contributed by atoms with Crippen LogP contribution in [-0.2, 0) is 9.59 Å². The predicted molar refractivity (Wildman–Crippen MR) is 119 cm³/mol. The Morgan fingerprint density at radius 2 is 2.12 bits per heavy atom. The number of rotatable bonds is 5. The van der Waals surface area contributed by atoms with Gasteiger partial charge in [-0.1, -0.05) is 18.2 Å². The van der Waals surface area contributed by atoms with E-state index in [1.54, 1.807) is 23.2 Å². The van der Waals surface area contributed by atoms with Crippen LogP contribution in [0, 0.1) is 0 Å². The fraction of sp³-hybridized carbons (Fsp3) is 0.286. The van der Waals surface area contributed by atoms with Crippen LogP contribution in [0.5, 0.6) is 0 Å². The van der Waals surface area contributed by atoms with Crippen molar-refractivity contribution in [2.75, 3.05) is 31.1 Å². The van der Waals surface area contributed by atoms with Crippen molar-refractivity contribution in [2.45, 2.75) is 12.2 Å². The Balaban J connectivity index is 1.66. The van der Waals surface area contributed by atoms with Crippen molar-refractivity contribution in [3.63, 3.8) is 0 Å². The number of carbonyl (C=O) groups excluding carboxylic acids is 2. The molecule has 0 aliphatic carbocycles. The lowest BCUT2D eigenvalue weighted by atomic mass is 10.1. The van der Waals surface area contributed by atoms with Gasteiger partial charge in [0.1, 0.15) is 24.1 Å². The number of aromatic nitrogens is 4. The highest BCUT2D eigenvalue weighted by molar-refractivity contribution is 6.31. The molecule has 0 spiro atoms. The molecule has 13 heteroatoms. The minimum Gasteiger partial charge on any atom is -0.345 e. The number of nitrogens with zero attached hydrogens (tertiary/aromatic N) is 5. The van der Waals surface area contributed by atoms with E-state index < -0.39 is 30.6 Å². The van der Waals surface area contributed by atoms with Crippen LogP contribution in [-0.4, -0.2) is 75.0 Å². The SMILES string of the molecule is C=CC(=O)N1CCN(c2ccnc(-c3c[nH]c4ncc(Cl)cc34)n2)[C@@H](C(=O)NCC(F)(F)F)C1. The number of hydrogen-bond acceptors (Lipinski definition) is 6. The smallest absolute Gasteiger partial charge is 0.345 e. The second kappa shape index (κ2) is 9.29. The molecule has 1 aliphatic rings. The predicted octanol–water partition coefficient (Wildman–Crippen LogP) is 2.56. The van der Waals surface area contributed by atoms with Crippen molar-refractivity contribution in [3.8, 4) is 11.4 Å². The van der Waals surface area contributed by atoms with E-state index in [2.05, 4.69) is 26.5 Å². The summed E-state index contributed by atoms with van der Waals surface area (Å²) in [7, 11) is 0. The summed E-state index contributed by atoms with van der Waals surface area (Å²) in [4.78, 5) is 43.8. The van der Waals surface area contributed by atoms with Gasteiger partial charge in [0, 0.05) is 42.6 Å². The van der Waals surface area contributed by atoms with Crippen LogP contribution in [0.25, 0.3) is 22.4 Å². The van der Waals surface area contributed by atoms with E-state index in [1.165, 1.54) is 17.3 Å². The van der Waals surface area contributed by atoms with Crippen LogP contribution in [0.4, 0.5) is 19.0 Å². The van der Waals surface area contributed by atoms with Crippen molar-refractivity contribution in [2.24, 2.45) is 0 Å². The number of carbonyl (C=O) groups is 2. The molecule has 4 rings (SSSR count). The summed E-state index contributed by atoms with van der Waals surface area (Å²) in [6.45, 7) is 2.23. The van der Waals surface area contributed by atoms with Crippen molar-refractivity contribution >= 4 is 40.3 Å². The molecule has 0 aromatic carbocycles. The number of aromatic amines is 1. The number of amides is 2. The number of alkyl halides is 3. The number of fused-ring (bicyclic) bond motifs is 1. The molecule has 1 aliphatic heterocycles. The summed E-state index contributed by atoms with van der Waals surface area (Å²) >= 11 is 6.07. The van der Waals surface area contributed by atoms with E-state index in [-0.39, 0.29) is 19.6 Å². The maximum atomic E-state index is 12.7. The molecule has 0 radical (unpaired) electrons. The van der Waals surface area contributed by atoms with Crippen molar-refractivity contribution in [1.82, 2.24) is 30.2 Å². The molecule has 3 aromatic rings. The zero-order chi connectivity index (χ0) is 24.5. The number of pyridine rings is 1. The van der Waals surface area contributed by atoms with Gasteiger partial charge in [-0.05, 0) is 18.2 Å². The summed E-state index contributed by atoms with van der Waals surface area (Å²) in [6.07, 6.45) is 1.18. The van der Waals surface area contributed by atoms with Gasteiger partial charge in [-0.25, -0.2) is 15.0 Å². The molecule has 3 aromatic heterocycles. The van der Waals surface area contributed by atoms with Crippen LogP contribution in [0.15, 0.2) is 43.4 Å². The summed E-state index contributed by atoms with van der Waals surface area (Å²) in [5.41, 5.74) is 1.19. The molecule has 2 N–H and O–H groups in total. The molecule has 2 amide bonds. The molecule has 0 bridgehead atoms. The van der Waals surface area contributed by atoms with Crippen LogP contribution >= 0.6 is 11.6 Å². The van der Waals surface area contributed by atoms with E-state index in [1.807, 2.05) is 5.32 Å². The summed E-state index contributed by atoms with van der Waals surface area (Å²) in [5, 5.41) is 3.01. The summed E-state index contributed by atoms with van der Waals surface area (Å²) in [6, 6.07) is 2.17. The first-order chi connectivity index (χ1) is 16.2. The van der Waals surface area contributed by atoms with Gasteiger partial charge < -0.3 is 20.1 Å². The third-order valence-corrected chi connectivity index (χ3v) is 5.51. The van der Waals surface area contributed by atoms with Crippen molar-refractivity contribution < 1.29 is 22.8 Å². The first-order valence-corrected chi connectivity index (χ1v) is 10.5. The number of anilines is 1. The Morgan fingerprint density at radius 3 is 2.85 bits per heavy atom. The number of halogens is 4. The molecule has 0 saturated carbocycles. The molecule has 1 atom stereocenters. The van der Waals surface area contributed by atoms with Crippen molar-refractivity contribution in [3.05, 3.63) is 48.4 Å². The Morgan fingerprint density at radius 1 is 1.32 bits per heavy atom.